The Balaban J connectivity index is 1.96. The standard InChI is InChI=1S/C21H13F5N2O2/c22-15-14(16(23)18(25)19(26)17(15)24)11-27-28-20(29)21(30,12-7-3-1-4-8-12)13-9-5-2-6-10-13/h1-11,30H,(H,28,29). The molecular formula is C21H13F5N2O2. The first-order valence-electron chi connectivity index (χ1n) is 8.46. The summed E-state index contributed by atoms with van der Waals surface area (Å²) in [5.41, 5.74) is -1.36. The average molecular weight is 420 g/mol. The molecule has 0 spiro atoms. The molecule has 0 fully saturated rings. The molecule has 0 saturated heterocycles. The predicted octanol–water partition coefficient (Wildman–Crippen LogP) is 3.77. The van der Waals surface area contributed by atoms with Crippen LogP contribution in [0.4, 0.5) is 22.0 Å². The Labute approximate surface area is 167 Å². The van der Waals surface area contributed by atoms with Gasteiger partial charge in [0.2, 0.25) is 5.82 Å². The lowest BCUT2D eigenvalue weighted by atomic mass is 9.85. The van der Waals surface area contributed by atoms with Crippen LogP contribution in [0.25, 0.3) is 0 Å². The van der Waals surface area contributed by atoms with Crippen molar-refractivity contribution in [3.05, 3.63) is 106 Å². The molecule has 0 aromatic heterocycles. The Morgan fingerprint density at radius 1 is 0.767 bits per heavy atom. The summed E-state index contributed by atoms with van der Waals surface area (Å²) >= 11 is 0. The molecule has 1 amide bonds. The van der Waals surface area contributed by atoms with E-state index >= 15 is 0 Å². The van der Waals surface area contributed by atoms with E-state index < -0.39 is 46.2 Å². The Morgan fingerprint density at radius 2 is 1.17 bits per heavy atom. The summed E-state index contributed by atoms with van der Waals surface area (Å²) in [6, 6.07) is 15.5. The molecule has 0 aliphatic heterocycles. The SMILES string of the molecule is O=C(NN=Cc1c(F)c(F)c(F)c(F)c1F)C(O)(c1ccccc1)c1ccccc1. The van der Waals surface area contributed by atoms with Crippen LogP contribution in [0.15, 0.2) is 65.8 Å². The molecule has 30 heavy (non-hydrogen) atoms. The predicted molar refractivity (Wildman–Crippen MR) is 97.9 cm³/mol. The Morgan fingerprint density at radius 3 is 1.60 bits per heavy atom. The van der Waals surface area contributed by atoms with Gasteiger partial charge in [0, 0.05) is 0 Å². The molecule has 0 saturated carbocycles. The normalized spacial score (nSPS) is 11.7. The van der Waals surface area contributed by atoms with Crippen molar-refractivity contribution in [1.29, 1.82) is 0 Å². The van der Waals surface area contributed by atoms with Crippen molar-refractivity contribution in [3.63, 3.8) is 0 Å². The number of benzene rings is 3. The number of nitrogens with one attached hydrogen (secondary N) is 1. The number of rotatable bonds is 5. The third kappa shape index (κ3) is 3.67. The number of aliphatic hydroxyl groups is 1. The van der Waals surface area contributed by atoms with Crippen LogP contribution >= 0.6 is 0 Å². The van der Waals surface area contributed by atoms with Crippen LogP contribution in [0.3, 0.4) is 0 Å². The minimum atomic E-state index is -2.31. The highest BCUT2D eigenvalue weighted by atomic mass is 19.2. The summed E-state index contributed by atoms with van der Waals surface area (Å²) in [5, 5.41) is 14.4. The van der Waals surface area contributed by atoms with Crippen molar-refractivity contribution >= 4 is 12.1 Å². The monoisotopic (exact) mass is 420 g/mol. The average Bonchev–Trinajstić information content (AvgIpc) is 2.79. The molecule has 0 heterocycles. The van der Waals surface area contributed by atoms with Crippen LogP contribution in [0, 0.1) is 29.1 Å². The van der Waals surface area contributed by atoms with E-state index in [0.717, 1.165) is 0 Å². The van der Waals surface area contributed by atoms with E-state index in [1.165, 1.54) is 24.3 Å². The molecular weight excluding hydrogens is 407 g/mol. The maximum Gasteiger partial charge on any atom is 0.281 e. The van der Waals surface area contributed by atoms with Gasteiger partial charge in [-0.15, -0.1) is 0 Å². The fourth-order valence-corrected chi connectivity index (χ4v) is 2.76. The first-order valence-corrected chi connectivity index (χ1v) is 8.46. The number of nitrogens with zero attached hydrogens (tertiary/aromatic N) is 1. The van der Waals surface area contributed by atoms with Gasteiger partial charge in [-0.3, -0.25) is 4.79 Å². The fraction of sp³-hybridized carbons (Fsp3) is 0.0476. The van der Waals surface area contributed by atoms with Gasteiger partial charge in [0.15, 0.2) is 28.9 Å². The van der Waals surface area contributed by atoms with E-state index in [-0.39, 0.29) is 17.3 Å². The maximum atomic E-state index is 13.7. The summed E-state index contributed by atoms with van der Waals surface area (Å²) in [6.07, 6.45) is 0.268. The quantitative estimate of drug-likeness (QED) is 0.217. The summed E-state index contributed by atoms with van der Waals surface area (Å²) in [5.74, 6) is -11.9. The zero-order chi connectivity index (χ0) is 21.9. The van der Waals surface area contributed by atoms with E-state index in [1.807, 2.05) is 5.43 Å². The lowest BCUT2D eigenvalue weighted by molar-refractivity contribution is -0.136. The molecule has 0 bridgehead atoms. The van der Waals surface area contributed by atoms with Gasteiger partial charge in [0.1, 0.15) is 0 Å². The molecule has 0 atom stereocenters. The molecule has 0 aliphatic carbocycles. The van der Waals surface area contributed by atoms with E-state index in [0.29, 0.717) is 0 Å². The zero-order valence-corrected chi connectivity index (χ0v) is 15.0. The van der Waals surface area contributed by atoms with E-state index in [9.17, 15) is 31.9 Å². The first kappa shape index (κ1) is 21.1. The Bertz CT molecular complexity index is 1040. The highest BCUT2D eigenvalue weighted by Crippen LogP contribution is 2.30. The van der Waals surface area contributed by atoms with Gasteiger partial charge in [-0.05, 0) is 11.1 Å². The minimum absolute atomic E-state index is 0.167. The molecule has 0 aliphatic rings. The Hall–Kier alpha value is -3.59. The van der Waals surface area contributed by atoms with Gasteiger partial charge in [0.25, 0.3) is 5.91 Å². The summed E-state index contributed by atoms with van der Waals surface area (Å²) in [6.45, 7) is 0. The number of hydrogen-bond donors (Lipinski definition) is 2. The molecule has 0 radical (unpaired) electrons. The summed E-state index contributed by atoms with van der Waals surface area (Å²) in [7, 11) is 0. The molecule has 3 rings (SSSR count). The van der Waals surface area contributed by atoms with Crippen LogP contribution in [0.2, 0.25) is 0 Å². The van der Waals surface area contributed by atoms with Crippen LogP contribution in [-0.4, -0.2) is 17.2 Å². The Kier molecular flexibility index (Phi) is 5.93. The van der Waals surface area contributed by atoms with Crippen LogP contribution in [-0.2, 0) is 10.4 Å². The second kappa shape index (κ2) is 8.42. The lowest BCUT2D eigenvalue weighted by Gasteiger charge is -2.27. The van der Waals surface area contributed by atoms with E-state index in [4.69, 9.17) is 0 Å². The largest absolute Gasteiger partial charge is 0.372 e. The topological polar surface area (TPSA) is 61.7 Å². The van der Waals surface area contributed by atoms with Crippen LogP contribution in [0.1, 0.15) is 16.7 Å². The van der Waals surface area contributed by atoms with Crippen molar-refractivity contribution in [1.82, 2.24) is 5.43 Å². The van der Waals surface area contributed by atoms with Crippen molar-refractivity contribution in [3.8, 4) is 0 Å². The van der Waals surface area contributed by atoms with E-state index in [2.05, 4.69) is 5.10 Å². The van der Waals surface area contributed by atoms with Gasteiger partial charge >= 0.3 is 0 Å². The second-order valence-electron chi connectivity index (χ2n) is 6.13. The van der Waals surface area contributed by atoms with E-state index in [1.54, 1.807) is 36.4 Å². The van der Waals surface area contributed by atoms with Gasteiger partial charge in [-0.2, -0.15) is 5.10 Å². The van der Waals surface area contributed by atoms with Crippen LogP contribution in [0.5, 0.6) is 0 Å². The summed E-state index contributed by atoms with van der Waals surface area (Å²) in [4.78, 5) is 12.7. The number of carbonyl (C=O) groups is 1. The van der Waals surface area contributed by atoms with Gasteiger partial charge < -0.3 is 5.11 Å². The van der Waals surface area contributed by atoms with Crippen molar-refractivity contribution in [2.24, 2.45) is 5.10 Å². The molecule has 9 heteroatoms. The zero-order valence-electron chi connectivity index (χ0n) is 15.0. The number of amides is 1. The lowest BCUT2D eigenvalue weighted by Crippen LogP contribution is -2.43. The fourth-order valence-electron chi connectivity index (χ4n) is 2.76. The molecule has 2 N–H and O–H groups in total. The number of halogens is 5. The van der Waals surface area contributed by atoms with Crippen molar-refractivity contribution < 1.29 is 31.9 Å². The first-order chi connectivity index (χ1) is 14.3. The smallest absolute Gasteiger partial charge is 0.281 e. The number of hydrogen-bond acceptors (Lipinski definition) is 3. The molecule has 154 valence electrons. The maximum absolute atomic E-state index is 13.7. The number of carbonyl (C=O) groups excluding carboxylic acids is 1. The highest BCUT2D eigenvalue weighted by Gasteiger charge is 2.40. The van der Waals surface area contributed by atoms with Gasteiger partial charge in [-0.25, -0.2) is 27.4 Å². The van der Waals surface area contributed by atoms with Crippen LogP contribution < -0.4 is 5.43 Å². The number of hydrazone groups is 1. The van der Waals surface area contributed by atoms with Crippen molar-refractivity contribution in [2.45, 2.75) is 5.60 Å². The van der Waals surface area contributed by atoms with Gasteiger partial charge in [-0.1, -0.05) is 60.7 Å². The molecule has 3 aromatic carbocycles. The second-order valence-corrected chi connectivity index (χ2v) is 6.13. The minimum Gasteiger partial charge on any atom is -0.372 e. The third-order valence-electron chi connectivity index (χ3n) is 4.32. The highest BCUT2D eigenvalue weighted by molar-refractivity contribution is 5.91. The molecule has 3 aromatic rings. The van der Waals surface area contributed by atoms with Gasteiger partial charge in [0.05, 0.1) is 11.8 Å². The summed E-state index contributed by atoms with van der Waals surface area (Å²) < 4.78 is 67.1. The van der Waals surface area contributed by atoms with Crippen molar-refractivity contribution in [2.75, 3.05) is 0 Å². The third-order valence-corrected chi connectivity index (χ3v) is 4.32. The molecule has 4 nitrogen and oxygen atoms in total. The molecule has 0 unspecified atom stereocenters.